The first kappa shape index (κ1) is 15.5. The number of anilines is 4. The lowest BCUT2D eigenvalue weighted by Gasteiger charge is -2.10. The molecule has 0 fully saturated rings. The fourth-order valence-electron chi connectivity index (χ4n) is 2.26. The molecule has 0 radical (unpaired) electrons. The molecule has 5 nitrogen and oxygen atoms in total. The third kappa shape index (κ3) is 3.87. The van der Waals surface area contributed by atoms with Crippen molar-refractivity contribution in [3.63, 3.8) is 0 Å². The van der Waals surface area contributed by atoms with Crippen LogP contribution in [0, 0.1) is 25.2 Å². The molecule has 118 valence electrons. The molecule has 2 N–H and O–H groups in total. The second-order valence-corrected chi connectivity index (χ2v) is 5.49. The van der Waals surface area contributed by atoms with Crippen LogP contribution in [0.3, 0.4) is 0 Å². The molecule has 0 aliphatic heterocycles. The first-order chi connectivity index (χ1) is 11.6. The molecule has 2 aromatic carbocycles. The summed E-state index contributed by atoms with van der Waals surface area (Å²) in [5.41, 5.74) is 3.68. The molecule has 0 atom stereocenters. The predicted molar refractivity (Wildman–Crippen MR) is 95.7 cm³/mol. The van der Waals surface area contributed by atoms with Crippen LogP contribution in [0.15, 0.2) is 54.6 Å². The maximum atomic E-state index is 8.85. The van der Waals surface area contributed by atoms with Crippen molar-refractivity contribution in [2.75, 3.05) is 10.6 Å². The van der Waals surface area contributed by atoms with Gasteiger partial charge in [0.15, 0.2) is 0 Å². The highest BCUT2D eigenvalue weighted by atomic mass is 15.1. The minimum Gasteiger partial charge on any atom is -0.340 e. The minimum atomic E-state index is 0.626. The summed E-state index contributed by atoms with van der Waals surface area (Å²) in [5.74, 6) is 2.09. The van der Waals surface area contributed by atoms with Crippen LogP contribution in [0.1, 0.15) is 17.0 Å². The molecule has 0 aliphatic rings. The SMILES string of the molecule is Cc1ccc(Nc2cc(Nc3ccc(C#N)cc3)nc(C)n2)cc1. The van der Waals surface area contributed by atoms with Crippen LogP contribution in [0.4, 0.5) is 23.0 Å². The highest BCUT2D eigenvalue weighted by molar-refractivity contribution is 5.63. The quantitative estimate of drug-likeness (QED) is 0.744. The van der Waals surface area contributed by atoms with Crippen LogP contribution in [-0.4, -0.2) is 9.97 Å². The van der Waals surface area contributed by atoms with Gasteiger partial charge in [-0.05, 0) is 50.2 Å². The van der Waals surface area contributed by atoms with Crippen molar-refractivity contribution in [3.05, 3.63) is 71.5 Å². The first-order valence-corrected chi connectivity index (χ1v) is 7.59. The molecule has 0 unspecified atom stereocenters. The highest BCUT2D eigenvalue weighted by Gasteiger charge is 2.03. The molecule has 1 heterocycles. The summed E-state index contributed by atoms with van der Waals surface area (Å²) in [5, 5.41) is 15.4. The summed E-state index contributed by atoms with van der Waals surface area (Å²) in [6, 6.07) is 19.3. The second-order valence-electron chi connectivity index (χ2n) is 5.49. The molecular weight excluding hydrogens is 298 g/mol. The number of nitrogens with zero attached hydrogens (tertiary/aromatic N) is 3. The molecular formula is C19H17N5. The second kappa shape index (κ2) is 6.80. The van der Waals surface area contributed by atoms with E-state index >= 15 is 0 Å². The summed E-state index contributed by atoms with van der Waals surface area (Å²) in [6.07, 6.45) is 0. The molecule has 5 heteroatoms. The maximum Gasteiger partial charge on any atom is 0.136 e. The number of aromatic nitrogens is 2. The lowest BCUT2D eigenvalue weighted by atomic mass is 10.2. The number of nitriles is 1. The van der Waals surface area contributed by atoms with Crippen LogP contribution in [0.2, 0.25) is 0 Å². The summed E-state index contributed by atoms with van der Waals surface area (Å²) in [6.45, 7) is 3.91. The van der Waals surface area contributed by atoms with E-state index in [4.69, 9.17) is 5.26 Å². The number of aryl methyl sites for hydroxylation is 2. The molecule has 0 aliphatic carbocycles. The van der Waals surface area contributed by atoms with E-state index in [1.54, 1.807) is 12.1 Å². The summed E-state index contributed by atoms with van der Waals surface area (Å²) >= 11 is 0. The number of rotatable bonds is 4. The van der Waals surface area contributed by atoms with Gasteiger partial charge in [0.25, 0.3) is 0 Å². The van der Waals surface area contributed by atoms with E-state index in [1.165, 1.54) is 5.56 Å². The molecule has 0 saturated carbocycles. The largest absolute Gasteiger partial charge is 0.340 e. The van der Waals surface area contributed by atoms with Gasteiger partial charge in [0.2, 0.25) is 0 Å². The number of hydrogen-bond donors (Lipinski definition) is 2. The predicted octanol–water partition coefficient (Wildman–Crippen LogP) is 4.45. The topological polar surface area (TPSA) is 73.6 Å². The number of benzene rings is 2. The molecule has 0 saturated heterocycles. The summed E-state index contributed by atoms with van der Waals surface area (Å²) in [4.78, 5) is 8.82. The van der Waals surface area contributed by atoms with Gasteiger partial charge in [-0.2, -0.15) is 5.26 Å². The highest BCUT2D eigenvalue weighted by Crippen LogP contribution is 2.21. The summed E-state index contributed by atoms with van der Waals surface area (Å²) in [7, 11) is 0. The number of nitrogens with one attached hydrogen (secondary N) is 2. The van der Waals surface area contributed by atoms with E-state index in [9.17, 15) is 0 Å². The van der Waals surface area contributed by atoms with Gasteiger partial charge in [-0.3, -0.25) is 0 Å². The normalized spacial score (nSPS) is 10.0. The Bertz CT molecular complexity index is 877. The van der Waals surface area contributed by atoms with E-state index in [2.05, 4.69) is 33.6 Å². The Morgan fingerprint density at radius 1 is 0.792 bits per heavy atom. The molecule has 24 heavy (non-hydrogen) atoms. The van der Waals surface area contributed by atoms with Gasteiger partial charge in [0.05, 0.1) is 11.6 Å². The first-order valence-electron chi connectivity index (χ1n) is 7.59. The van der Waals surface area contributed by atoms with E-state index in [-0.39, 0.29) is 0 Å². The van der Waals surface area contributed by atoms with Crippen molar-refractivity contribution in [2.24, 2.45) is 0 Å². The van der Waals surface area contributed by atoms with Gasteiger partial charge in [-0.25, -0.2) is 9.97 Å². The Hall–Kier alpha value is -3.39. The monoisotopic (exact) mass is 315 g/mol. The Morgan fingerprint density at radius 3 is 1.79 bits per heavy atom. The minimum absolute atomic E-state index is 0.626. The van der Waals surface area contributed by atoms with Gasteiger partial charge in [0.1, 0.15) is 17.5 Å². The smallest absolute Gasteiger partial charge is 0.136 e. The lowest BCUT2D eigenvalue weighted by Crippen LogP contribution is -2.01. The zero-order chi connectivity index (χ0) is 16.9. The molecule has 3 rings (SSSR count). The van der Waals surface area contributed by atoms with Gasteiger partial charge >= 0.3 is 0 Å². The van der Waals surface area contributed by atoms with Crippen LogP contribution >= 0.6 is 0 Å². The van der Waals surface area contributed by atoms with Crippen LogP contribution in [0.5, 0.6) is 0 Å². The van der Waals surface area contributed by atoms with Crippen LogP contribution in [-0.2, 0) is 0 Å². The van der Waals surface area contributed by atoms with Crippen molar-refractivity contribution in [2.45, 2.75) is 13.8 Å². The third-order valence-corrected chi connectivity index (χ3v) is 3.45. The molecule has 0 amide bonds. The zero-order valence-electron chi connectivity index (χ0n) is 13.5. The van der Waals surface area contributed by atoms with E-state index in [1.807, 2.05) is 49.4 Å². The lowest BCUT2D eigenvalue weighted by molar-refractivity contribution is 1.06. The van der Waals surface area contributed by atoms with E-state index in [0.717, 1.165) is 17.2 Å². The fourth-order valence-corrected chi connectivity index (χ4v) is 2.26. The molecule has 0 bridgehead atoms. The van der Waals surface area contributed by atoms with E-state index in [0.29, 0.717) is 17.2 Å². The van der Waals surface area contributed by atoms with Crippen molar-refractivity contribution >= 4 is 23.0 Å². The van der Waals surface area contributed by atoms with Gasteiger partial charge in [-0.1, -0.05) is 17.7 Å². The maximum absolute atomic E-state index is 8.85. The average Bonchev–Trinajstić information content (AvgIpc) is 2.57. The Balaban J connectivity index is 1.80. The summed E-state index contributed by atoms with van der Waals surface area (Å²) < 4.78 is 0. The third-order valence-electron chi connectivity index (χ3n) is 3.45. The van der Waals surface area contributed by atoms with Crippen LogP contribution < -0.4 is 10.6 Å². The van der Waals surface area contributed by atoms with Crippen LogP contribution in [0.25, 0.3) is 0 Å². The van der Waals surface area contributed by atoms with Gasteiger partial charge < -0.3 is 10.6 Å². The Kier molecular flexibility index (Phi) is 4.39. The molecule has 3 aromatic rings. The van der Waals surface area contributed by atoms with Crippen molar-refractivity contribution < 1.29 is 0 Å². The van der Waals surface area contributed by atoms with Crippen molar-refractivity contribution in [3.8, 4) is 6.07 Å². The Morgan fingerprint density at radius 2 is 1.29 bits per heavy atom. The van der Waals surface area contributed by atoms with Gasteiger partial charge in [-0.15, -0.1) is 0 Å². The molecule has 1 aromatic heterocycles. The number of hydrogen-bond acceptors (Lipinski definition) is 5. The average molecular weight is 315 g/mol. The fraction of sp³-hybridized carbons (Fsp3) is 0.105. The Labute approximate surface area is 141 Å². The van der Waals surface area contributed by atoms with Crippen molar-refractivity contribution in [1.29, 1.82) is 5.26 Å². The van der Waals surface area contributed by atoms with Gasteiger partial charge in [0, 0.05) is 17.4 Å². The van der Waals surface area contributed by atoms with E-state index < -0.39 is 0 Å². The molecule has 0 spiro atoms. The standard InChI is InChI=1S/C19H17N5/c1-13-3-7-16(8-4-13)23-18-11-19(22-14(2)21-18)24-17-9-5-15(12-20)6-10-17/h3-11H,1-2H3,(H2,21,22,23,24). The van der Waals surface area contributed by atoms with Crippen molar-refractivity contribution in [1.82, 2.24) is 9.97 Å². The zero-order valence-corrected chi connectivity index (χ0v) is 13.5.